The molecule has 1 aromatic heterocycles. The second-order valence-corrected chi connectivity index (χ2v) is 5.88. The summed E-state index contributed by atoms with van der Waals surface area (Å²) in [5, 5.41) is 21.8. The van der Waals surface area contributed by atoms with Crippen LogP contribution in [0.4, 0.5) is 5.69 Å². The van der Waals surface area contributed by atoms with E-state index in [1.807, 2.05) is 26.0 Å². The predicted octanol–water partition coefficient (Wildman–Crippen LogP) is 3.26. The van der Waals surface area contributed by atoms with Gasteiger partial charge in [0.2, 0.25) is 0 Å². The number of aromatic hydroxyl groups is 1. The van der Waals surface area contributed by atoms with Crippen molar-refractivity contribution in [3.8, 4) is 11.4 Å². The van der Waals surface area contributed by atoms with Crippen LogP contribution < -0.4 is 5.32 Å². The van der Waals surface area contributed by atoms with Gasteiger partial charge in [0, 0.05) is 11.3 Å². The topological polar surface area (TPSA) is 80.0 Å². The van der Waals surface area contributed by atoms with Crippen molar-refractivity contribution in [3.05, 3.63) is 53.6 Å². The molecule has 6 heteroatoms. The molecule has 0 fully saturated rings. The van der Waals surface area contributed by atoms with Crippen LogP contribution in [0, 0.1) is 13.8 Å². The molecule has 0 bridgehead atoms. The molecule has 3 rings (SSSR count). The number of aryl methyl sites for hydroxylation is 2. The van der Waals surface area contributed by atoms with E-state index in [2.05, 4.69) is 22.1 Å². The lowest BCUT2D eigenvalue weighted by Gasteiger charge is -2.07. The van der Waals surface area contributed by atoms with Gasteiger partial charge in [0.25, 0.3) is 5.91 Å². The van der Waals surface area contributed by atoms with E-state index in [-0.39, 0.29) is 11.7 Å². The lowest BCUT2D eigenvalue weighted by Crippen LogP contribution is -2.11. The number of nitrogens with zero attached hydrogens (tertiary/aromatic N) is 3. The van der Waals surface area contributed by atoms with Gasteiger partial charge in [0.15, 0.2) is 0 Å². The molecule has 1 heterocycles. The van der Waals surface area contributed by atoms with Gasteiger partial charge in [0.1, 0.15) is 22.5 Å². The van der Waals surface area contributed by atoms with Gasteiger partial charge in [-0.3, -0.25) is 4.79 Å². The predicted molar refractivity (Wildman–Crippen MR) is 93.4 cm³/mol. The molecule has 3 aromatic rings. The van der Waals surface area contributed by atoms with E-state index >= 15 is 0 Å². The molecule has 1 amide bonds. The number of anilines is 1. The van der Waals surface area contributed by atoms with Gasteiger partial charge in [-0.1, -0.05) is 12.6 Å². The smallest absolute Gasteiger partial charge is 0.250 e. The first-order valence-electron chi connectivity index (χ1n) is 7.49. The second kappa shape index (κ2) is 5.81. The minimum absolute atomic E-state index is 0.150. The quantitative estimate of drug-likeness (QED) is 0.725. The fraction of sp³-hybridized carbons (Fsp3) is 0.167. The molecular weight excluding hydrogens is 304 g/mol. The fourth-order valence-electron chi connectivity index (χ4n) is 2.43. The van der Waals surface area contributed by atoms with Crippen molar-refractivity contribution >= 4 is 22.6 Å². The Morgan fingerprint density at radius 1 is 1.17 bits per heavy atom. The number of carbonyl (C=O) groups is 1. The van der Waals surface area contributed by atoms with Crippen LogP contribution in [-0.4, -0.2) is 26.0 Å². The van der Waals surface area contributed by atoms with Crippen LogP contribution in [-0.2, 0) is 4.79 Å². The van der Waals surface area contributed by atoms with Crippen molar-refractivity contribution in [3.63, 3.8) is 0 Å². The van der Waals surface area contributed by atoms with Crippen LogP contribution >= 0.6 is 0 Å². The van der Waals surface area contributed by atoms with Crippen LogP contribution in [0.1, 0.15) is 18.1 Å². The number of amides is 1. The zero-order valence-corrected chi connectivity index (χ0v) is 13.8. The number of hydrogen-bond acceptors (Lipinski definition) is 4. The molecule has 0 radical (unpaired) electrons. The highest BCUT2D eigenvalue weighted by Crippen LogP contribution is 2.27. The zero-order valence-electron chi connectivity index (χ0n) is 13.8. The van der Waals surface area contributed by atoms with Gasteiger partial charge in [-0.15, -0.1) is 15.0 Å². The van der Waals surface area contributed by atoms with Gasteiger partial charge in [-0.05, 0) is 56.2 Å². The Bertz CT molecular complexity index is 973. The van der Waals surface area contributed by atoms with Gasteiger partial charge in [-0.2, -0.15) is 0 Å². The summed E-state index contributed by atoms with van der Waals surface area (Å²) in [6.07, 6.45) is 0. The SMILES string of the molecule is C=C(C)C(=O)Nc1ccc2nn(-c3cc(C)cc(C)c3O)nc2c1. The summed E-state index contributed by atoms with van der Waals surface area (Å²) in [7, 11) is 0. The largest absolute Gasteiger partial charge is 0.505 e. The normalized spacial score (nSPS) is 10.8. The highest BCUT2D eigenvalue weighted by atomic mass is 16.3. The lowest BCUT2D eigenvalue weighted by atomic mass is 10.1. The lowest BCUT2D eigenvalue weighted by molar-refractivity contribution is -0.112. The first-order valence-corrected chi connectivity index (χ1v) is 7.49. The van der Waals surface area contributed by atoms with E-state index < -0.39 is 0 Å². The van der Waals surface area contributed by atoms with E-state index in [1.165, 1.54) is 4.80 Å². The Morgan fingerprint density at radius 2 is 1.88 bits per heavy atom. The Labute approximate surface area is 139 Å². The van der Waals surface area contributed by atoms with Crippen molar-refractivity contribution in [1.82, 2.24) is 15.0 Å². The highest BCUT2D eigenvalue weighted by molar-refractivity contribution is 6.03. The molecule has 0 atom stereocenters. The number of rotatable bonds is 3. The minimum atomic E-state index is -0.242. The van der Waals surface area contributed by atoms with Crippen LogP contribution in [0.2, 0.25) is 0 Å². The number of nitrogens with one attached hydrogen (secondary N) is 1. The molecular formula is C18H18N4O2. The number of phenolic OH excluding ortho intramolecular Hbond substituents is 1. The summed E-state index contributed by atoms with van der Waals surface area (Å²) < 4.78 is 0. The molecule has 0 aliphatic heterocycles. The molecule has 0 aliphatic rings. The summed E-state index contributed by atoms with van der Waals surface area (Å²) in [6.45, 7) is 9.04. The van der Waals surface area contributed by atoms with E-state index in [0.29, 0.717) is 28.0 Å². The average molecular weight is 322 g/mol. The number of phenols is 1. The molecule has 2 N–H and O–H groups in total. The van der Waals surface area contributed by atoms with Crippen LogP contribution in [0.3, 0.4) is 0 Å². The molecule has 2 aromatic carbocycles. The molecule has 0 saturated heterocycles. The Morgan fingerprint density at radius 3 is 2.58 bits per heavy atom. The van der Waals surface area contributed by atoms with Crippen LogP contribution in [0.5, 0.6) is 5.75 Å². The molecule has 6 nitrogen and oxygen atoms in total. The van der Waals surface area contributed by atoms with E-state index in [4.69, 9.17) is 0 Å². The Balaban J connectivity index is 2.03. The molecule has 0 unspecified atom stereocenters. The van der Waals surface area contributed by atoms with Crippen LogP contribution in [0.15, 0.2) is 42.5 Å². The molecule has 122 valence electrons. The number of carbonyl (C=O) groups excluding carboxylic acids is 1. The maximum atomic E-state index is 11.7. The summed E-state index contributed by atoms with van der Waals surface area (Å²) >= 11 is 0. The van der Waals surface area contributed by atoms with Gasteiger partial charge >= 0.3 is 0 Å². The number of aromatic nitrogens is 3. The Hall–Kier alpha value is -3.15. The third kappa shape index (κ3) is 2.86. The third-order valence-corrected chi connectivity index (χ3v) is 3.67. The standard InChI is InChI=1S/C18H18N4O2/c1-10(2)18(24)19-13-5-6-14-15(9-13)21-22(20-14)16-8-11(3)7-12(4)17(16)23/h5-9,23H,1H2,2-4H3,(H,19,24). The maximum Gasteiger partial charge on any atom is 0.250 e. The molecule has 0 saturated carbocycles. The Kier molecular flexibility index (Phi) is 3.81. The number of fused-ring (bicyclic) bond motifs is 1. The van der Waals surface area contributed by atoms with Crippen molar-refractivity contribution in [1.29, 1.82) is 0 Å². The van der Waals surface area contributed by atoms with Crippen molar-refractivity contribution in [2.45, 2.75) is 20.8 Å². The maximum absolute atomic E-state index is 11.7. The first-order chi connectivity index (χ1) is 11.3. The number of benzene rings is 2. The van der Waals surface area contributed by atoms with Crippen LogP contribution in [0.25, 0.3) is 16.7 Å². The molecule has 0 aliphatic carbocycles. The average Bonchev–Trinajstić information content (AvgIpc) is 2.93. The third-order valence-electron chi connectivity index (χ3n) is 3.67. The number of hydrogen-bond donors (Lipinski definition) is 2. The summed E-state index contributed by atoms with van der Waals surface area (Å²) in [6, 6.07) is 8.98. The van der Waals surface area contributed by atoms with Gasteiger partial charge in [-0.25, -0.2) is 0 Å². The summed E-state index contributed by atoms with van der Waals surface area (Å²) in [5.41, 5.74) is 4.63. The molecule has 24 heavy (non-hydrogen) atoms. The highest BCUT2D eigenvalue weighted by Gasteiger charge is 2.12. The van der Waals surface area contributed by atoms with Gasteiger partial charge < -0.3 is 10.4 Å². The van der Waals surface area contributed by atoms with E-state index in [1.54, 1.807) is 25.1 Å². The monoisotopic (exact) mass is 322 g/mol. The minimum Gasteiger partial charge on any atom is -0.505 e. The van der Waals surface area contributed by atoms with E-state index in [0.717, 1.165) is 11.1 Å². The van der Waals surface area contributed by atoms with Crippen molar-refractivity contribution in [2.24, 2.45) is 0 Å². The summed E-state index contributed by atoms with van der Waals surface area (Å²) in [4.78, 5) is 13.1. The molecule has 0 spiro atoms. The zero-order chi connectivity index (χ0) is 17.4. The van der Waals surface area contributed by atoms with Crippen molar-refractivity contribution < 1.29 is 9.90 Å². The van der Waals surface area contributed by atoms with E-state index in [9.17, 15) is 9.90 Å². The first kappa shape index (κ1) is 15.7. The fourth-order valence-corrected chi connectivity index (χ4v) is 2.43. The van der Waals surface area contributed by atoms with Crippen molar-refractivity contribution in [2.75, 3.05) is 5.32 Å². The second-order valence-electron chi connectivity index (χ2n) is 5.88. The van der Waals surface area contributed by atoms with Gasteiger partial charge in [0.05, 0.1) is 0 Å². The summed E-state index contributed by atoms with van der Waals surface area (Å²) in [5.74, 6) is -0.0922.